The van der Waals surface area contributed by atoms with E-state index in [1.54, 1.807) is 4.90 Å². The number of carbonyl (C=O) groups excluding carboxylic acids is 2. The molecular weight excluding hydrogens is 382 g/mol. The van der Waals surface area contributed by atoms with E-state index in [1.165, 1.54) is 25.5 Å². The first kappa shape index (κ1) is 20.4. The van der Waals surface area contributed by atoms with Crippen molar-refractivity contribution in [1.29, 1.82) is 0 Å². The van der Waals surface area contributed by atoms with Crippen LogP contribution in [-0.2, 0) is 33.7 Å². The predicted octanol–water partition coefficient (Wildman–Crippen LogP) is 3.76. The number of aromatic nitrogens is 2. The van der Waals surface area contributed by atoms with Gasteiger partial charge in [0.25, 0.3) is 0 Å². The van der Waals surface area contributed by atoms with Crippen LogP contribution in [0.3, 0.4) is 0 Å². The summed E-state index contributed by atoms with van der Waals surface area (Å²) >= 11 is 0. The summed E-state index contributed by atoms with van der Waals surface area (Å²) < 4.78 is 12.3. The van der Waals surface area contributed by atoms with Crippen LogP contribution in [0.4, 0.5) is 4.79 Å². The molecule has 7 nitrogen and oxygen atoms in total. The molecular formula is C23H29N3O4. The molecule has 160 valence electrons. The Balaban J connectivity index is 1.64. The fourth-order valence-electron chi connectivity index (χ4n) is 3.84. The first-order chi connectivity index (χ1) is 14.2. The van der Waals surface area contributed by atoms with Crippen molar-refractivity contribution in [2.24, 2.45) is 0 Å². The second kappa shape index (κ2) is 7.78. The molecule has 0 saturated heterocycles. The van der Waals surface area contributed by atoms with Gasteiger partial charge in [-0.3, -0.25) is 4.79 Å². The lowest BCUT2D eigenvalue weighted by Gasteiger charge is -2.30. The highest BCUT2D eigenvalue weighted by molar-refractivity contribution is 5.73. The molecule has 0 N–H and O–H groups in total. The van der Waals surface area contributed by atoms with Gasteiger partial charge in [0.2, 0.25) is 0 Å². The van der Waals surface area contributed by atoms with Gasteiger partial charge in [-0.25, -0.2) is 9.48 Å². The summed E-state index contributed by atoms with van der Waals surface area (Å²) in [5.74, 6) is 0.351. The average Bonchev–Trinajstić information content (AvgIpc) is 3.49. The third kappa shape index (κ3) is 4.35. The van der Waals surface area contributed by atoms with Crippen molar-refractivity contribution in [1.82, 2.24) is 14.7 Å². The highest BCUT2D eigenvalue weighted by atomic mass is 16.6. The van der Waals surface area contributed by atoms with Gasteiger partial charge in [-0.05, 0) is 57.2 Å². The number of fused-ring (bicyclic) bond motifs is 1. The van der Waals surface area contributed by atoms with Gasteiger partial charge in [-0.15, -0.1) is 0 Å². The molecule has 0 spiro atoms. The minimum Gasteiger partial charge on any atom is -0.469 e. The van der Waals surface area contributed by atoms with Crippen LogP contribution in [0.5, 0.6) is 0 Å². The Bertz CT molecular complexity index is 952. The molecule has 1 aromatic heterocycles. The maximum Gasteiger partial charge on any atom is 0.410 e. The van der Waals surface area contributed by atoms with Crippen molar-refractivity contribution in [2.45, 2.75) is 64.5 Å². The maximum atomic E-state index is 12.6. The molecule has 1 fully saturated rings. The van der Waals surface area contributed by atoms with Gasteiger partial charge >= 0.3 is 12.1 Å². The van der Waals surface area contributed by atoms with Gasteiger partial charge in [-0.1, -0.05) is 12.1 Å². The Hall–Kier alpha value is -2.83. The van der Waals surface area contributed by atoms with Crippen molar-refractivity contribution in [3.05, 3.63) is 46.8 Å². The second-order valence-corrected chi connectivity index (χ2v) is 9.05. The topological polar surface area (TPSA) is 73.7 Å². The summed E-state index contributed by atoms with van der Waals surface area (Å²) in [4.78, 5) is 26.2. The molecule has 2 aromatic rings. The minimum absolute atomic E-state index is 0.0775. The molecule has 0 unspecified atom stereocenters. The lowest BCUT2D eigenvalue weighted by atomic mass is 10.0. The zero-order valence-corrected chi connectivity index (χ0v) is 18.1. The minimum atomic E-state index is -0.556. The smallest absolute Gasteiger partial charge is 0.410 e. The Morgan fingerprint density at radius 2 is 1.87 bits per heavy atom. The van der Waals surface area contributed by atoms with E-state index in [0.717, 1.165) is 16.9 Å². The predicted molar refractivity (Wildman–Crippen MR) is 112 cm³/mol. The summed E-state index contributed by atoms with van der Waals surface area (Å²) in [5.41, 5.74) is 4.37. The molecule has 4 rings (SSSR count). The van der Waals surface area contributed by atoms with E-state index >= 15 is 0 Å². The molecule has 1 aliphatic carbocycles. The number of benzene rings is 1. The van der Waals surface area contributed by atoms with E-state index in [4.69, 9.17) is 14.6 Å². The average molecular weight is 412 g/mol. The molecule has 0 atom stereocenters. The van der Waals surface area contributed by atoms with Crippen LogP contribution in [-0.4, -0.2) is 46.0 Å². The van der Waals surface area contributed by atoms with E-state index in [9.17, 15) is 9.59 Å². The van der Waals surface area contributed by atoms with Crippen LogP contribution in [0.1, 0.15) is 62.0 Å². The van der Waals surface area contributed by atoms with Crippen molar-refractivity contribution in [2.75, 3.05) is 13.7 Å². The summed E-state index contributed by atoms with van der Waals surface area (Å²) in [6.45, 7) is 6.48. The molecule has 7 heteroatoms. The largest absolute Gasteiger partial charge is 0.469 e. The summed E-state index contributed by atoms with van der Waals surface area (Å²) in [6, 6.07) is 8.50. The normalized spacial score (nSPS) is 16.2. The van der Waals surface area contributed by atoms with Crippen LogP contribution < -0.4 is 0 Å². The van der Waals surface area contributed by atoms with Crippen molar-refractivity contribution in [3.63, 3.8) is 0 Å². The SMILES string of the molecule is COC(=O)Cc1nn(-c2ccc(C3CC3)cc2)c2c1CN(C(=O)OC(C)(C)C)CC2. The van der Waals surface area contributed by atoms with Crippen LogP contribution in [0.2, 0.25) is 0 Å². The third-order valence-corrected chi connectivity index (χ3v) is 5.52. The van der Waals surface area contributed by atoms with Gasteiger partial charge in [0.05, 0.1) is 37.2 Å². The van der Waals surface area contributed by atoms with E-state index in [0.29, 0.717) is 31.1 Å². The Kier molecular flexibility index (Phi) is 5.30. The molecule has 2 aliphatic rings. The van der Waals surface area contributed by atoms with Crippen LogP contribution in [0.15, 0.2) is 24.3 Å². The standard InChI is InChI=1S/C23H29N3O4/c1-23(2,3)30-22(28)25-12-11-20-18(14-25)19(13-21(27)29-4)24-26(20)17-9-7-16(8-10-17)15-5-6-15/h7-10,15H,5-6,11-14H2,1-4H3. The highest BCUT2D eigenvalue weighted by Crippen LogP contribution is 2.40. The Morgan fingerprint density at radius 1 is 1.17 bits per heavy atom. The van der Waals surface area contributed by atoms with Crippen molar-refractivity contribution < 1.29 is 19.1 Å². The zero-order valence-electron chi connectivity index (χ0n) is 18.1. The van der Waals surface area contributed by atoms with Gasteiger partial charge in [0, 0.05) is 18.5 Å². The molecule has 1 aromatic carbocycles. The third-order valence-electron chi connectivity index (χ3n) is 5.52. The molecule has 0 bridgehead atoms. The summed E-state index contributed by atoms with van der Waals surface area (Å²) in [6.07, 6.45) is 2.90. The number of hydrogen-bond acceptors (Lipinski definition) is 5. The highest BCUT2D eigenvalue weighted by Gasteiger charge is 2.31. The quantitative estimate of drug-likeness (QED) is 0.716. The van der Waals surface area contributed by atoms with E-state index in [1.807, 2.05) is 25.5 Å². The van der Waals surface area contributed by atoms with Crippen LogP contribution in [0.25, 0.3) is 5.69 Å². The van der Waals surface area contributed by atoms with E-state index in [2.05, 4.69) is 24.3 Å². The molecule has 1 aliphatic heterocycles. The first-order valence-electron chi connectivity index (χ1n) is 10.5. The molecule has 1 saturated carbocycles. The van der Waals surface area contributed by atoms with Gasteiger partial charge in [-0.2, -0.15) is 5.10 Å². The fraction of sp³-hybridized carbons (Fsp3) is 0.522. The number of ether oxygens (including phenoxy) is 2. The van der Waals surface area contributed by atoms with E-state index in [-0.39, 0.29) is 18.5 Å². The number of carbonyl (C=O) groups is 2. The van der Waals surface area contributed by atoms with Crippen LogP contribution >= 0.6 is 0 Å². The number of rotatable bonds is 4. The zero-order chi connectivity index (χ0) is 21.5. The number of hydrogen-bond donors (Lipinski definition) is 0. The summed E-state index contributed by atoms with van der Waals surface area (Å²) in [5, 5.41) is 4.75. The molecule has 2 heterocycles. The Labute approximate surface area is 177 Å². The lowest BCUT2D eigenvalue weighted by molar-refractivity contribution is -0.139. The van der Waals surface area contributed by atoms with Gasteiger partial charge in [0.15, 0.2) is 0 Å². The van der Waals surface area contributed by atoms with Crippen molar-refractivity contribution in [3.8, 4) is 5.69 Å². The molecule has 1 amide bonds. The monoisotopic (exact) mass is 411 g/mol. The van der Waals surface area contributed by atoms with Crippen molar-refractivity contribution >= 4 is 12.1 Å². The van der Waals surface area contributed by atoms with E-state index < -0.39 is 5.60 Å². The number of amides is 1. The van der Waals surface area contributed by atoms with Crippen LogP contribution in [0, 0.1) is 0 Å². The Morgan fingerprint density at radius 3 is 2.47 bits per heavy atom. The number of esters is 1. The van der Waals surface area contributed by atoms with Gasteiger partial charge < -0.3 is 14.4 Å². The second-order valence-electron chi connectivity index (χ2n) is 9.05. The molecule has 30 heavy (non-hydrogen) atoms. The van der Waals surface area contributed by atoms with Gasteiger partial charge in [0.1, 0.15) is 5.60 Å². The number of nitrogens with zero attached hydrogens (tertiary/aromatic N) is 3. The lowest BCUT2D eigenvalue weighted by Crippen LogP contribution is -2.40. The first-order valence-corrected chi connectivity index (χ1v) is 10.5. The summed E-state index contributed by atoms with van der Waals surface area (Å²) in [7, 11) is 1.37. The maximum absolute atomic E-state index is 12.6. The molecule has 0 radical (unpaired) electrons. The number of methoxy groups -OCH3 is 1. The fourth-order valence-corrected chi connectivity index (χ4v) is 3.84.